The molecule has 150 valence electrons. The van der Waals surface area contributed by atoms with Gasteiger partial charge in [0.1, 0.15) is 0 Å². The minimum atomic E-state index is -0.365. The molecular weight excluding hydrogens is 448 g/mol. The number of nitrogens with one attached hydrogen (secondary N) is 2. The van der Waals surface area contributed by atoms with Crippen LogP contribution in [0, 0.1) is 6.92 Å². The highest BCUT2D eigenvalue weighted by molar-refractivity contribution is 9.10. The summed E-state index contributed by atoms with van der Waals surface area (Å²) in [5.41, 5.74) is 3.64. The zero-order chi connectivity index (χ0) is 21.3. The molecule has 2 N–H and O–H groups in total. The normalized spacial score (nSPS) is 10.8. The summed E-state index contributed by atoms with van der Waals surface area (Å²) >= 11 is 3.40. The average Bonchev–Trinajstić information content (AvgIpc) is 3.10. The van der Waals surface area contributed by atoms with Gasteiger partial charge in [0.15, 0.2) is 0 Å². The van der Waals surface area contributed by atoms with Crippen molar-refractivity contribution in [2.75, 3.05) is 10.6 Å². The van der Waals surface area contributed by atoms with E-state index in [1.165, 1.54) is 6.92 Å². The van der Waals surface area contributed by atoms with Gasteiger partial charge in [0.25, 0.3) is 11.6 Å². The third-order valence-electron chi connectivity index (χ3n) is 4.47. The van der Waals surface area contributed by atoms with Crippen molar-refractivity contribution in [2.24, 2.45) is 0 Å². The van der Waals surface area contributed by atoms with Gasteiger partial charge in [-0.25, -0.2) is 4.98 Å². The van der Waals surface area contributed by atoms with Crippen LogP contribution in [0.1, 0.15) is 23.0 Å². The van der Waals surface area contributed by atoms with Crippen molar-refractivity contribution in [3.05, 3.63) is 70.3 Å². The number of pyridine rings is 1. The number of anilines is 2. The molecule has 7 nitrogen and oxygen atoms in total. The molecule has 2 heterocycles. The summed E-state index contributed by atoms with van der Waals surface area (Å²) in [4.78, 5) is 29.3. The Morgan fingerprint density at radius 1 is 1.00 bits per heavy atom. The fraction of sp³-hybridized carbons (Fsp3) is 0.0909. The molecule has 0 bridgehead atoms. The van der Waals surface area contributed by atoms with E-state index < -0.39 is 0 Å². The Hall–Kier alpha value is -3.52. The Kier molecular flexibility index (Phi) is 5.33. The SMILES string of the molecule is CC(=O)Nc1ccc(Br)cc1NC(=O)c1cc(-c2ccccc2)nc2onc(C)c12. The lowest BCUT2D eigenvalue weighted by Crippen LogP contribution is -2.16. The summed E-state index contributed by atoms with van der Waals surface area (Å²) < 4.78 is 6.10. The maximum atomic E-state index is 13.3. The van der Waals surface area contributed by atoms with E-state index in [9.17, 15) is 9.59 Å². The molecule has 8 heteroatoms. The topological polar surface area (TPSA) is 97.1 Å². The second-order valence-electron chi connectivity index (χ2n) is 6.69. The van der Waals surface area contributed by atoms with Crippen molar-refractivity contribution in [3.8, 4) is 11.3 Å². The molecule has 0 aliphatic carbocycles. The van der Waals surface area contributed by atoms with E-state index in [-0.39, 0.29) is 17.5 Å². The van der Waals surface area contributed by atoms with Gasteiger partial charge < -0.3 is 15.2 Å². The second kappa shape index (κ2) is 8.08. The molecule has 2 amide bonds. The molecule has 4 rings (SSSR count). The third-order valence-corrected chi connectivity index (χ3v) is 4.97. The van der Waals surface area contributed by atoms with Crippen molar-refractivity contribution < 1.29 is 14.1 Å². The first-order valence-electron chi connectivity index (χ1n) is 9.13. The summed E-state index contributed by atoms with van der Waals surface area (Å²) in [6.07, 6.45) is 0. The molecule has 0 unspecified atom stereocenters. The van der Waals surface area contributed by atoms with Crippen molar-refractivity contribution in [1.29, 1.82) is 0 Å². The van der Waals surface area contributed by atoms with Gasteiger partial charge in [-0.2, -0.15) is 0 Å². The largest absolute Gasteiger partial charge is 0.335 e. The van der Waals surface area contributed by atoms with Crippen molar-refractivity contribution in [1.82, 2.24) is 10.1 Å². The summed E-state index contributed by atoms with van der Waals surface area (Å²) in [5, 5.41) is 10.1. The van der Waals surface area contributed by atoms with Gasteiger partial charge in [-0.3, -0.25) is 9.59 Å². The lowest BCUT2D eigenvalue weighted by Gasteiger charge is -2.13. The average molecular weight is 465 g/mol. The van der Waals surface area contributed by atoms with Gasteiger partial charge in [-0.15, -0.1) is 0 Å². The molecule has 0 radical (unpaired) electrons. The molecule has 0 atom stereocenters. The van der Waals surface area contributed by atoms with E-state index in [1.54, 1.807) is 31.2 Å². The highest BCUT2D eigenvalue weighted by Gasteiger charge is 2.20. The summed E-state index contributed by atoms with van der Waals surface area (Å²) in [6, 6.07) is 16.4. The smallest absolute Gasteiger partial charge is 0.259 e. The minimum absolute atomic E-state index is 0.236. The van der Waals surface area contributed by atoms with E-state index in [0.717, 1.165) is 10.0 Å². The van der Waals surface area contributed by atoms with Crippen molar-refractivity contribution >= 4 is 50.2 Å². The van der Waals surface area contributed by atoms with Crippen LogP contribution in [0.25, 0.3) is 22.4 Å². The summed E-state index contributed by atoms with van der Waals surface area (Å²) in [6.45, 7) is 3.17. The quantitative estimate of drug-likeness (QED) is 0.434. The van der Waals surface area contributed by atoms with Crippen LogP contribution in [-0.4, -0.2) is 22.0 Å². The molecule has 0 spiro atoms. The number of rotatable bonds is 4. The number of hydrogen-bond donors (Lipinski definition) is 2. The number of hydrogen-bond acceptors (Lipinski definition) is 5. The Balaban J connectivity index is 1.80. The first-order chi connectivity index (χ1) is 14.4. The van der Waals surface area contributed by atoms with Gasteiger partial charge in [-0.05, 0) is 31.2 Å². The highest BCUT2D eigenvalue weighted by atomic mass is 79.9. The molecule has 0 fully saturated rings. The van der Waals surface area contributed by atoms with Crippen LogP contribution in [0.3, 0.4) is 0 Å². The number of carbonyl (C=O) groups excluding carboxylic acids is 2. The van der Waals surface area contributed by atoms with Gasteiger partial charge in [0.05, 0.1) is 33.7 Å². The number of benzene rings is 2. The number of amides is 2. The van der Waals surface area contributed by atoms with Crippen LogP contribution in [0.2, 0.25) is 0 Å². The Morgan fingerprint density at radius 2 is 1.77 bits per heavy atom. The number of aryl methyl sites for hydroxylation is 1. The summed E-state index contributed by atoms with van der Waals surface area (Å²) in [5.74, 6) is -0.601. The lowest BCUT2D eigenvalue weighted by atomic mass is 10.0. The zero-order valence-electron chi connectivity index (χ0n) is 16.2. The lowest BCUT2D eigenvalue weighted by molar-refractivity contribution is -0.114. The predicted molar refractivity (Wildman–Crippen MR) is 118 cm³/mol. The number of aromatic nitrogens is 2. The first-order valence-corrected chi connectivity index (χ1v) is 9.92. The summed E-state index contributed by atoms with van der Waals surface area (Å²) in [7, 11) is 0. The van der Waals surface area contributed by atoms with Gasteiger partial charge in [0.2, 0.25) is 5.91 Å². The van der Waals surface area contributed by atoms with Gasteiger partial charge in [-0.1, -0.05) is 51.4 Å². The monoisotopic (exact) mass is 464 g/mol. The van der Waals surface area contributed by atoms with E-state index in [0.29, 0.717) is 33.7 Å². The highest BCUT2D eigenvalue weighted by Crippen LogP contribution is 2.30. The molecule has 0 aliphatic heterocycles. The Labute approximate surface area is 180 Å². The van der Waals surface area contributed by atoms with Crippen molar-refractivity contribution in [2.45, 2.75) is 13.8 Å². The zero-order valence-corrected chi connectivity index (χ0v) is 17.8. The fourth-order valence-electron chi connectivity index (χ4n) is 3.14. The minimum Gasteiger partial charge on any atom is -0.335 e. The van der Waals surface area contributed by atoms with Gasteiger partial charge >= 0.3 is 0 Å². The van der Waals surface area contributed by atoms with Crippen molar-refractivity contribution in [3.63, 3.8) is 0 Å². The van der Waals surface area contributed by atoms with E-state index in [2.05, 4.69) is 36.7 Å². The first kappa shape index (κ1) is 19.8. The molecule has 0 saturated carbocycles. The Bertz CT molecular complexity index is 1270. The van der Waals surface area contributed by atoms with Crippen LogP contribution >= 0.6 is 15.9 Å². The molecule has 2 aromatic carbocycles. The molecule has 30 heavy (non-hydrogen) atoms. The van der Waals surface area contributed by atoms with Crippen LogP contribution in [-0.2, 0) is 4.79 Å². The van der Waals surface area contributed by atoms with Crippen LogP contribution in [0.15, 0.2) is 63.6 Å². The molecule has 4 aromatic rings. The maximum Gasteiger partial charge on any atom is 0.259 e. The van der Waals surface area contributed by atoms with E-state index in [1.807, 2.05) is 30.3 Å². The number of fused-ring (bicyclic) bond motifs is 1. The predicted octanol–water partition coefficient (Wildman–Crippen LogP) is 5.17. The second-order valence-corrected chi connectivity index (χ2v) is 7.61. The third kappa shape index (κ3) is 3.95. The Morgan fingerprint density at radius 3 is 2.50 bits per heavy atom. The van der Waals surface area contributed by atoms with Crippen LogP contribution in [0.4, 0.5) is 11.4 Å². The number of halogens is 1. The number of carbonyl (C=O) groups is 2. The standard InChI is InChI=1S/C22H17BrN4O3/c1-12-20-16(11-18(26-22(20)30-27-12)14-6-4-3-5-7-14)21(29)25-19-10-15(23)8-9-17(19)24-13(2)28/h3-11H,1-2H3,(H,24,28)(H,25,29). The number of nitrogens with zero attached hydrogens (tertiary/aromatic N) is 2. The van der Waals surface area contributed by atoms with Gasteiger partial charge in [0, 0.05) is 17.0 Å². The van der Waals surface area contributed by atoms with Crippen LogP contribution < -0.4 is 10.6 Å². The fourth-order valence-corrected chi connectivity index (χ4v) is 3.50. The molecule has 0 aliphatic rings. The van der Waals surface area contributed by atoms with E-state index in [4.69, 9.17) is 4.52 Å². The van der Waals surface area contributed by atoms with E-state index >= 15 is 0 Å². The molecule has 0 saturated heterocycles. The molecule has 2 aromatic heterocycles. The maximum absolute atomic E-state index is 13.3. The van der Waals surface area contributed by atoms with Crippen LogP contribution in [0.5, 0.6) is 0 Å². The molecular formula is C22H17BrN4O3.